The van der Waals surface area contributed by atoms with Crippen LogP contribution < -0.4 is 15.8 Å². The highest BCUT2D eigenvalue weighted by atomic mass is 35.5. The van der Waals surface area contributed by atoms with Crippen LogP contribution in [-0.4, -0.2) is 32.6 Å². The summed E-state index contributed by atoms with van der Waals surface area (Å²) < 4.78 is 44.7. The van der Waals surface area contributed by atoms with Gasteiger partial charge >= 0.3 is 6.18 Å². The van der Waals surface area contributed by atoms with Crippen LogP contribution in [-0.2, 0) is 6.18 Å². The topological polar surface area (TPSA) is 107 Å². The second-order valence-corrected chi connectivity index (χ2v) is 5.40. The average Bonchev–Trinajstić information content (AvgIpc) is 2.89. The minimum absolute atomic E-state index is 0.107. The summed E-state index contributed by atoms with van der Waals surface area (Å²) >= 11 is 5.92. The largest absolute Gasteiger partial charge is 0.493 e. The Hall–Kier alpha value is -3.08. The fourth-order valence-corrected chi connectivity index (χ4v) is 2.46. The fourth-order valence-electron chi connectivity index (χ4n) is 2.23. The smallest absolute Gasteiger partial charge is 0.433 e. The lowest BCUT2D eigenvalue weighted by Crippen LogP contribution is -2.16. The van der Waals surface area contributed by atoms with Crippen LogP contribution in [0.2, 0.25) is 5.02 Å². The van der Waals surface area contributed by atoms with E-state index in [1.807, 2.05) is 0 Å². The number of anilines is 2. The summed E-state index contributed by atoms with van der Waals surface area (Å²) in [5.74, 6) is -0.996. The van der Waals surface area contributed by atoms with Gasteiger partial charge in [0, 0.05) is 12.4 Å². The van der Waals surface area contributed by atoms with Crippen molar-refractivity contribution in [2.24, 2.45) is 0 Å². The summed E-state index contributed by atoms with van der Waals surface area (Å²) in [6, 6.07) is 0.727. The van der Waals surface area contributed by atoms with Gasteiger partial charge in [-0.3, -0.25) is 9.78 Å². The molecule has 0 aromatic carbocycles. The first-order chi connectivity index (χ1) is 12.2. The van der Waals surface area contributed by atoms with Crippen LogP contribution in [0.3, 0.4) is 0 Å². The number of carbonyl (C=O) groups is 1. The maximum Gasteiger partial charge on any atom is 0.433 e. The summed E-state index contributed by atoms with van der Waals surface area (Å²) in [4.78, 5) is 19.8. The van der Waals surface area contributed by atoms with Crippen molar-refractivity contribution in [2.45, 2.75) is 6.18 Å². The van der Waals surface area contributed by atoms with Crippen molar-refractivity contribution in [1.82, 2.24) is 19.6 Å². The number of nitrogen functional groups attached to an aromatic ring is 1. The predicted molar refractivity (Wildman–Crippen MR) is 86.2 cm³/mol. The molecule has 0 aliphatic heterocycles. The second kappa shape index (κ2) is 6.33. The van der Waals surface area contributed by atoms with E-state index >= 15 is 0 Å². The first-order valence-corrected chi connectivity index (χ1v) is 7.31. The van der Waals surface area contributed by atoms with Crippen molar-refractivity contribution in [3.63, 3.8) is 0 Å². The molecule has 0 radical (unpaired) electrons. The highest BCUT2D eigenvalue weighted by Crippen LogP contribution is 2.32. The quantitative estimate of drug-likeness (QED) is 0.716. The van der Waals surface area contributed by atoms with E-state index in [1.54, 1.807) is 0 Å². The SMILES string of the molecule is COc1c(Cl)cncc1NC(=O)c1c(N)nn2ccc(C(F)(F)F)nc12. The van der Waals surface area contributed by atoms with E-state index in [2.05, 4.69) is 20.4 Å². The van der Waals surface area contributed by atoms with E-state index < -0.39 is 17.8 Å². The normalized spacial score (nSPS) is 11.6. The molecule has 3 rings (SSSR count). The molecule has 26 heavy (non-hydrogen) atoms. The van der Waals surface area contributed by atoms with Gasteiger partial charge in [0.05, 0.1) is 13.3 Å². The number of hydrogen-bond acceptors (Lipinski definition) is 6. The maximum absolute atomic E-state index is 12.9. The Morgan fingerprint density at radius 2 is 2.12 bits per heavy atom. The summed E-state index contributed by atoms with van der Waals surface area (Å²) in [6.07, 6.45) is -1.11. The lowest BCUT2D eigenvalue weighted by Gasteiger charge is -2.10. The summed E-state index contributed by atoms with van der Waals surface area (Å²) in [6.45, 7) is 0. The van der Waals surface area contributed by atoms with E-state index in [0.717, 1.165) is 16.8 Å². The number of nitrogens with one attached hydrogen (secondary N) is 1. The number of rotatable bonds is 3. The molecule has 0 saturated carbocycles. The molecule has 1 amide bonds. The molecule has 3 N–H and O–H groups in total. The number of pyridine rings is 1. The number of halogens is 4. The minimum atomic E-state index is -4.69. The number of ether oxygens (including phenoxy) is 1. The summed E-state index contributed by atoms with van der Waals surface area (Å²) in [5.41, 5.74) is 3.94. The monoisotopic (exact) mass is 386 g/mol. The maximum atomic E-state index is 12.9. The number of methoxy groups -OCH3 is 1. The van der Waals surface area contributed by atoms with E-state index in [-0.39, 0.29) is 33.5 Å². The van der Waals surface area contributed by atoms with Crippen molar-refractivity contribution < 1.29 is 22.7 Å². The van der Waals surface area contributed by atoms with Crippen LogP contribution in [0.5, 0.6) is 5.75 Å². The van der Waals surface area contributed by atoms with Gasteiger partial charge in [0.15, 0.2) is 17.2 Å². The van der Waals surface area contributed by atoms with Crippen molar-refractivity contribution in [2.75, 3.05) is 18.2 Å². The zero-order valence-corrected chi connectivity index (χ0v) is 13.8. The van der Waals surface area contributed by atoms with Crippen LogP contribution in [0, 0.1) is 0 Å². The Morgan fingerprint density at radius 3 is 2.77 bits per heavy atom. The number of nitrogens with two attached hydrogens (primary N) is 1. The molecule has 3 aromatic heterocycles. The Bertz CT molecular complexity index is 1000. The van der Waals surface area contributed by atoms with Crippen LogP contribution in [0.15, 0.2) is 24.7 Å². The lowest BCUT2D eigenvalue weighted by molar-refractivity contribution is -0.141. The number of carbonyl (C=O) groups excluding carboxylic acids is 1. The van der Waals surface area contributed by atoms with Gasteiger partial charge in [0.1, 0.15) is 22.0 Å². The highest BCUT2D eigenvalue weighted by Gasteiger charge is 2.34. The van der Waals surface area contributed by atoms with E-state index in [1.165, 1.54) is 19.5 Å². The summed E-state index contributed by atoms with van der Waals surface area (Å²) in [7, 11) is 1.33. The molecule has 0 unspecified atom stereocenters. The van der Waals surface area contributed by atoms with Gasteiger partial charge in [-0.15, -0.1) is 5.10 Å². The molecular weight excluding hydrogens is 377 g/mol. The molecule has 0 spiro atoms. The molecule has 0 atom stereocenters. The highest BCUT2D eigenvalue weighted by molar-refractivity contribution is 6.32. The predicted octanol–water partition coefficient (Wildman–Crippen LogP) is 2.64. The lowest BCUT2D eigenvalue weighted by atomic mass is 10.2. The Balaban J connectivity index is 2.06. The first-order valence-electron chi connectivity index (χ1n) is 6.93. The number of amides is 1. The Kier molecular flexibility index (Phi) is 4.32. The fraction of sp³-hybridized carbons (Fsp3) is 0.143. The molecule has 0 bridgehead atoms. The first kappa shape index (κ1) is 17.7. The minimum Gasteiger partial charge on any atom is -0.493 e. The molecule has 3 aromatic rings. The zero-order chi connectivity index (χ0) is 19.1. The third-order valence-corrected chi connectivity index (χ3v) is 3.60. The van der Waals surface area contributed by atoms with Crippen LogP contribution in [0.25, 0.3) is 5.65 Å². The Morgan fingerprint density at radius 1 is 1.38 bits per heavy atom. The van der Waals surface area contributed by atoms with Gasteiger partial charge in [-0.05, 0) is 6.07 Å². The van der Waals surface area contributed by atoms with Gasteiger partial charge in [0.25, 0.3) is 5.91 Å². The molecule has 3 heterocycles. The van der Waals surface area contributed by atoms with Gasteiger partial charge < -0.3 is 15.8 Å². The molecule has 12 heteroatoms. The number of hydrogen-bond donors (Lipinski definition) is 2. The molecular formula is C14H10ClF3N6O2. The third-order valence-electron chi connectivity index (χ3n) is 3.34. The molecule has 136 valence electrons. The number of nitrogens with zero attached hydrogens (tertiary/aromatic N) is 4. The standard InChI is InChI=1S/C14H10ClF3N6O2/c1-26-10-6(15)4-20-5-7(10)21-13(25)9-11(19)23-24-3-2-8(14(16,17)18)22-12(9)24/h2-5H,1H3,(H2,19,23)(H,21,25). The number of fused-ring (bicyclic) bond motifs is 1. The molecule has 0 aliphatic rings. The van der Waals surface area contributed by atoms with Gasteiger partial charge in [-0.2, -0.15) is 13.2 Å². The van der Waals surface area contributed by atoms with Crippen LogP contribution >= 0.6 is 11.6 Å². The van der Waals surface area contributed by atoms with Crippen molar-refractivity contribution in [3.8, 4) is 5.75 Å². The second-order valence-electron chi connectivity index (χ2n) is 5.00. The zero-order valence-electron chi connectivity index (χ0n) is 13.0. The third kappa shape index (κ3) is 3.08. The molecule has 0 fully saturated rings. The molecule has 8 nitrogen and oxygen atoms in total. The van der Waals surface area contributed by atoms with E-state index in [4.69, 9.17) is 22.1 Å². The number of aromatic nitrogens is 4. The summed E-state index contributed by atoms with van der Waals surface area (Å²) in [5, 5.41) is 6.36. The van der Waals surface area contributed by atoms with Crippen LogP contribution in [0.4, 0.5) is 24.7 Å². The van der Waals surface area contributed by atoms with E-state index in [9.17, 15) is 18.0 Å². The van der Waals surface area contributed by atoms with Gasteiger partial charge in [0.2, 0.25) is 0 Å². The van der Waals surface area contributed by atoms with Crippen molar-refractivity contribution in [1.29, 1.82) is 0 Å². The van der Waals surface area contributed by atoms with Crippen molar-refractivity contribution in [3.05, 3.63) is 40.9 Å². The van der Waals surface area contributed by atoms with Gasteiger partial charge in [-0.25, -0.2) is 9.50 Å². The van der Waals surface area contributed by atoms with Crippen LogP contribution in [0.1, 0.15) is 16.1 Å². The number of alkyl halides is 3. The molecule has 0 aliphatic carbocycles. The van der Waals surface area contributed by atoms with Crippen molar-refractivity contribution >= 4 is 34.7 Å². The van der Waals surface area contributed by atoms with Gasteiger partial charge in [-0.1, -0.05) is 11.6 Å². The Labute approximate surface area is 148 Å². The average molecular weight is 387 g/mol. The molecule has 0 saturated heterocycles. The van der Waals surface area contributed by atoms with E-state index in [0.29, 0.717) is 0 Å².